The summed E-state index contributed by atoms with van der Waals surface area (Å²) in [6, 6.07) is 18.8. The molecule has 7 heteroatoms. The smallest absolute Gasteiger partial charge is 0.261 e. The topological polar surface area (TPSA) is 98.2 Å². The average molecular weight is 379 g/mol. The number of anilines is 2. The molecule has 4 aromatic rings. The third kappa shape index (κ3) is 3.50. The zero-order valence-corrected chi connectivity index (χ0v) is 15.3. The summed E-state index contributed by atoms with van der Waals surface area (Å²) < 4.78 is 33.4. The van der Waals surface area contributed by atoms with Crippen LogP contribution in [0.2, 0.25) is 0 Å². The lowest BCUT2D eigenvalue weighted by Crippen LogP contribution is -2.12. The molecule has 0 saturated carbocycles. The van der Waals surface area contributed by atoms with Gasteiger partial charge in [0.1, 0.15) is 5.52 Å². The number of aryl methyl sites for hydroxylation is 1. The van der Waals surface area contributed by atoms with Gasteiger partial charge in [-0.25, -0.2) is 13.4 Å². The molecule has 0 fully saturated rings. The number of rotatable bonds is 4. The van der Waals surface area contributed by atoms with Gasteiger partial charge in [-0.05, 0) is 61.5 Å². The number of hydrogen-bond donors (Lipinski definition) is 2. The summed E-state index contributed by atoms with van der Waals surface area (Å²) in [7, 11) is -3.71. The Labute approximate surface area is 156 Å². The van der Waals surface area contributed by atoms with E-state index in [1.807, 2.05) is 31.2 Å². The number of nitrogens with two attached hydrogens (primary N) is 1. The molecule has 136 valence electrons. The highest BCUT2D eigenvalue weighted by atomic mass is 32.2. The van der Waals surface area contributed by atoms with Crippen molar-refractivity contribution in [1.29, 1.82) is 0 Å². The lowest BCUT2D eigenvalue weighted by Gasteiger charge is -2.08. The van der Waals surface area contributed by atoms with Crippen molar-refractivity contribution in [3.05, 3.63) is 72.3 Å². The Bertz CT molecular complexity index is 1210. The van der Waals surface area contributed by atoms with Crippen LogP contribution in [0.15, 0.2) is 76.0 Å². The fourth-order valence-corrected chi connectivity index (χ4v) is 3.72. The van der Waals surface area contributed by atoms with Crippen molar-refractivity contribution in [3.63, 3.8) is 0 Å². The number of nitrogens with zero attached hydrogens (tertiary/aromatic N) is 1. The number of aromatic nitrogens is 1. The molecule has 0 radical (unpaired) electrons. The summed E-state index contributed by atoms with van der Waals surface area (Å²) >= 11 is 0. The Morgan fingerprint density at radius 2 is 1.67 bits per heavy atom. The first-order valence-electron chi connectivity index (χ1n) is 8.27. The molecular weight excluding hydrogens is 362 g/mol. The normalized spacial score (nSPS) is 11.6. The van der Waals surface area contributed by atoms with E-state index in [-0.39, 0.29) is 4.90 Å². The van der Waals surface area contributed by atoms with Crippen LogP contribution in [0.4, 0.5) is 11.4 Å². The van der Waals surface area contributed by atoms with E-state index in [0.29, 0.717) is 28.4 Å². The molecule has 0 bridgehead atoms. The highest BCUT2D eigenvalue weighted by Gasteiger charge is 2.15. The van der Waals surface area contributed by atoms with E-state index >= 15 is 0 Å². The number of nitrogen functional groups attached to an aromatic ring is 1. The minimum absolute atomic E-state index is 0.136. The maximum Gasteiger partial charge on any atom is 0.261 e. The summed E-state index contributed by atoms with van der Waals surface area (Å²) in [6.07, 6.45) is 0. The summed E-state index contributed by atoms with van der Waals surface area (Å²) in [6.45, 7) is 2.01. The Morgan fingerprint density at radius 3 is 2.37 bits per heavy atom. The van der Waals surface area contributed by atoms with Crippen LogP contribution in [-0.4, -0.2) is 13.4 Å². The first kappa shape index (κ1) is 17.1. The van der Waals surface area contributed by atoms with Crippen LogP contribution in [0.5, 0.6) is 0 Å². The van der Waals surface area contributed by atoms with Crippen LogP contribution < -0.4 is 10.5 Å². The first-order valence-corrected chi connectivity index (χ1v) is 9.75. The molecule has 0 unspecified atom stereocenters. The van der Waals surface area contributed by atoms with Gasteiger partial charge in [0, 0.05) is 11.3 Å². The second-order valence-corrected chi connectivity index (χ2v) is 7.92. The predicted molar refractivity (Wildman–Crippen MR) is 106 cm³/mol. The van der Waals surface area contributed by atoms with Gasteiger partial charge in [-0.15, -0.1) is 0 Å². The molecule has 0 atom stereocenters. The maximum absolute atomic E-state index is 12.5. The lowest BCUT2D eigenvalue weighted by atomic mass is 10.1. The highest BCUT2D eigenvalue weighted by molar-refractivity contribution is 7.92. The largest absolute Gasteiger partial charge is 0.436 e. The van der Waals surface area contributed by atoms with Gasteiger partial charge in [0.2, 0.25) is 5.89 Å². The number of hydrogen-bond acceptors (Lipinski definition) is 5. The molecule has 1 heterocycles. The van der Waals surface area contributed by atoms with Crippen molar-refractivity contribution in [2.75, 3.05) is 10.5 Å². The van der Waals surface area contributed by atoms with Gasteiger partial charge in [-0.2, -0.15) is 0 Å². The van der Waals surface area contributed by atoms with Crippen molar-refractivity contribution in [1.82, 2.24) is 4.98 Å². The number of nitrogens with one attached hydrogen (secondary N) is 1. The van der Waals surface area contributed by atoms with E-state index in [1.165, 1.54) is 12.1 Å². The molecule has 0 spiro atoms. The quantitative estimate of drug-likeness (QED) is 0.518. The summed E-state index contributed by atoms with van der Waals surface area (Å²) in [5, 5.41) is 0. The molecule has 1 aromatic heterocycles. The van der Waals surface area contributed by atoms with Crippen LogP contribution in [-0.2, 0) is 10.0 Å². The molecular formula is C20H17N3O3S. The third-order valence-electron chi connectivity index (χ3n) is 4.13. The highest BCUT2D eigenvalue weighted by Crippen LogP contribution is 2.27. The van der Waals surface area contributed by atoms with E-state index in [2.05, 4.69) is 9.71 Å². The van der Waals surface area contributed by atoms with Crippen LogP contribution >= 0.6 is 0 Å². The molecule has 3 aromatic carbocycles. The van der Waals surface area contributed by atoms with E-state index in [0.717, 1.165) is 11.1 Å². The Kier molecular flexibility index (Phi) is 4.08. The summed E-state index contributed by atoms with van der Waals surface area (Å²) in [5.74, 6) is 0.489. The average Bonchev–Trinajstić information content (AvgIpc) is 3.05. The second-order valence-electron chi connectivity index (χ2n) is 6.24. The van der Waals surface area contributed by atoms with Gasteiger partial charge in [0.15, 0.2) is 5.58 Å². The van der Waals surface area contributed by atoms with Gasteiger partial charge >= 0.3 is 0 Å². The van der Waals surface area contributed by atoms with E-state index in [9.17, 15) is 8.42 Å². The van der Waals surface area contributed by atoms with Gasteiger partial charge < -0.3 is 10.2 Å². The summed E-state index contributed by atoms with van der Waals surface area (Å²) in [4.78, 5) is 4.61. The van der Waals surface area contributed by atoms with Gasteiger partial charge in [0.05, 0.1) is 10.6 Å². The summed E-state index contributed by atoms with van der Waals surface area (Å²) in [5.41, 5.74) is 9.68. The molecule has 6 nitrogen and oxygen atoms in total. The predicted octanol–water partition coefficient (Wildman–Crippen LogP) is 4.19. The molecule has 0 aliphatic rings. The number of sulfonamides is 1. The van der Waals surface area contributed by atoms with Gasteiger partial charge in [-0.3, -0.25) is 4.72 Å². The second kappa shape index (κ2) is 6.44. The lowest BCUT2D eigenvalue weighted by molar-refractivity contribution is 0.601. The van der Waals surface area contributed by atoms with Crippen molar-refractivity contribution in [3.8, 4) is 11.5 Å². The van der Waals surface area contributed by atoms with E-state index in [1.54, 1.807) is 30.3 Å². The monoisotopic (exact) mass is 379 g/mol. The Hall–Kier alpha value is -3.32. The number of fused-ring (bicyclic) bond motifs is 1. The molecule has 0 aliphatic carbocycles. The molecule has 3 N–H and O–H groups in total. The molecule has 4 rings (SSSR count). The van der Waals surface area contributed by atoms with Crippen LogP contribution in [0, 0.1) is 6.92 Å². The number of oxazole rings is 1. The fraction of sp³-hybridized carbons (Fsp3) is 0.0500. The van der Waals surface area contributed by atoms with Crippen LogP contribution in [0.25, 0.3) is 22.6 Å². The van der Waals surface area contributed by atoms with E-state index in [4.69, 9.17) is 10.2 Å². The Balaban J connectivity index is 1.65. The maximum atomic E-state index is 12.5. The van der Waals surface area contributed by atoms with Crippen LogP contribution in [0.3, 0.4) is 0 Å². The molecule has 0 saturated heterocycles. The number of benzene rings is 3. The van der Waals surface area contributed by atoms with Crippen LogP contribution in [0.1, 0.15) is 5.56 Å². The van der Waals surface area contributed by atoms with Crippen molar-refractivity contribution in [2.45, 2.75) is 11.8 Å². The third-order valence-corrected chi connectivity index (χ3v) is 5.53. The van der Waals surface area contributed by atoms with Gasteiger partial charge in [-0.1, -0.05) is 17.7 Å². The minimum atomic E-state index is -3.71. The minimum Gasteiger partial charge on any atom is -0.436 e. The van der Waals surface area contributed by atoms with Crippen molar-refractivity contribution < 1.29 is 12.8 Å². The molecule has 0 aliphatic heterocycles. The Morgan fingerprint density at radius 1 is 0.963 bits per heavy atom. The van der Waals surface area contributed by atoms with Gasteiger partial charge in [0.25, 0.3) is 10.0 Å². The fourth-order valence-electron chi connectivity index (χ4n) is 2.67. The van der Waals surface area contributed by atoms with Crippen molar-refractivity contribution >= 4 is 32.5 Å². The SMILES string of the molecule is Cc1ccc(-c2nc3cc(NS(=O)(=O)c4ccc(N)cc4)ccc3o2)cc1. The van der Waals surface area contributed by atoms with Crippen molar-refractivity contribution in [2.24, 2.45) is 0 Å². The zero-order chi connectivity index (χ0) is 19.0. The zero-order valence-electron chi connectivity index (χ0n) is 14.5. The molecule has 0 amide bonds. The molecule has 27 heavy (non-hydrogen) atoms. The first-order chi connectivity index (χ1) is 12.9. The van der Waals surface area contributed by atoms with E-state index < -0.39 is 10.0 Å². The standard InChI is InChI=1S/C20H17N3O3S/c1-13-2-4-14(5-3-13)20-22-18-12-16(8-11-19(18)26-20)23-27(24,25)17-9-6-15(21)7-10-17/h2-12,23H,21H2,1H3.